The lowest BCUT2D eigenvalue weighted by atomic mass is 9.90. The number of rotatable bonds is 1. The molecule has 0 fully saturated rings. The maximum absolute atomic E-state index is 13.6. The summed E-state index contributed by atoms with van der Waals surface area (Å²) in [5.74, 6) is -0.254. The van der Waals surface area contributed by atoms with Crippen molar-refractivity contribution in [3.05, 3.63) is 59.4 Å². The second-order valence-corrected chi connectivity index (χ2v) is 4.25. The maximum atomic E-state index is 13.6. The van der Waals surface area contributed by atoms with Crippen molar-refractivity contribution in [1.29, 1.82) is 0 Å². The Morgan fingerprint density at radius 3 is 2.76 bits per heavy atom. The number of halogens is 1. The Kier molecular flexibility index (Phi) is 2.19. The van der Waals surface area contributed by atoms with Crippen LogP contribution >= 0.6 is 0 Å². The fourth-order valence-electron chi connectivity index (χ4n) is 2.45. The molecule has 0 saturated carbocycles. The predicted molar refractivity (Wildman–Crippen MR) is 59.8 cm³/mol. The first-order valence-electron chi connectivity index (χ1n) is 5.47. The van der Waals surface area contributed by atoms with E-state index in [-0.39, 0.29) is 5.82 Å². The molecule has 0 bridgehead atoms. The Morgan fingerprint density at radius 2 is 2.00 bits per heavy atom. The molecular weight excluding hydrogens is 219 g/mol. The second-order valence-electron chi connectivity index (χ2n) is 4.25. The van der Waals surface area contributed by atoms with Gasteiger partial charge >= 0.3 is 0 Å². The van der Waals surface area contributed by atoms with Crippen molar-refractivity contribution < 1.29 is 9.50 Å². The molecule has 0 amide bonds. The number of nitrogens with zero attached hydrogens (tertiary/aromatic N) is 2. The van der Waals surface area contributed by atoms with Crippen LogP contribution in [-0.4, -0.2) is 15.1 Å². The van der Waals surface area contributed by atoms with E-state index in [0.717, 1.165) is 0 Å². The lowest BCUT2D eigenvalue weighted by Gasteiger charge is -2.23. The fraction of sp³-hybridized carbons (Fsp3) is 0.231. The Balaban J connectivity index is 2.18. The lowest BCUT2D eigenvalue weighted by Crippen LogP contribution is -2.24. The number of hydrogen-bond donors (Lipinski definition) is 1. The molecule has 0 saturated heterocycles. The highest BCUT2D eigenvalue weighted by Gasteiger charge is 2.39. The van der Waals surface area contributed by atoms with Crippen LogP contribution < -0.4 is 0 Å². The Hall–Kier alpha value is -1.81. The zero-order chi connectivity index (χ0) is 11.9. The van der Waals surface area contributed by atoms with Gasteiger partial charge in [-0.1, -0.05) is 12.1 Å². The Bertz CT molecular complexity index is 559. The fourth-order valence-corrected chi connectivity index (χ4v) is 2.45. The van der Waals surface area contributed by atoms with Gasteiger partial charge in [0.2, 0.25) is 0 Å². The molecule has 1 heterocycles. The van der Waals surface area contributed by atoms with Gasteiger partial charge < -0.3 is 5.11 Å². The number of aromatic nitrogens is 2. The lowest BCUT2D eigenvalue weighted by molar-refractivity contribution is 0.0821. The van der Waals surface area contributed by atoms with E-state index in [1.54, 1.807) is 24.5 Å². The van der Waals surface area contributed by atoms with Crippen LogP contribution in [0.2, 0.25) is 0 Å². The third-order valence-electron chi connectivity index (χ3n) is 3.34. The molecule has 1 aromatic heterocycles. The molecule has 86 valence electrons. The van der Waals surface area contributed by atoms with Gasteiger partial charge in [0, 0.05) is 18.0 Å². The molecule has 17 heavy (non-hydrogen) atoms. The van der Waals surface area contributed by atoms with E-state index in [1.165, 1.54) is 12.4 Å². The number of hydrogen-bond acceptors (Lipinski definition) is 3. The average molecular weight is 230 g/mol. The minimum absolute atomic E-state index is 0.254. The molecular formula is C13H11FN2O. The van der Waals surface area contributed by atoms with Gasteiger partial charge in [0.15, 0.2) is 0 Å². The molecule has 0 aliphatic heterocycles. The molecule has 3 nitrogen and oxygen atoms in total. The van der Waals surface area contributed by atoms with Gasteiger partial charge in [0.1, 0.15) is 17.7 Å². The molecule has 1 aromatic carbocycles. The van der Waals surface area contributed by atoms with Crippen molar-refractivity contribution in [1.82, 2.24) is 9.97 Å². The van der Waals surface area contributed by atoms with Crippen LogP contribution in [0.3, 0.4) is 0 Å². The first kappa shape index (κ1) is 10.4. The summed E-state index contributed by atoms with van der Waals surface area (Å²) in [5, 5.41) is 10.7. The van der Waals surface area contributed by atoms with Crippen molar-refractivity contribution in [2.24, 2.45) is 0 Å². The highest BCUT2D eigenvalue weighted by molar-refractivity contribution is 5.44. The van der Waals surface area contributed by atoms with E-state index in [9.17, 15) is 9.50 Å². The molecule has 1 unspecified atom stereocenters. The van der Waals surface area contributed by atoms with Gasteiger partial charge in [-0.25, -0.2) is 14.4 Å². The maximum Gasteiger partial charge on any atom is 0.126 e. The van der Waals surface area contributed by atoms with Crippen LogP contribution in [0.1, 0.15) is 23.1 Å². The minimum atomic E-state index is -1.15. The van der Waals surface area contributed by atoms with Crippen LogP contribution in [0.4, 0.5) is 4.39 Å². The average Bonchev–Trinajstić information content (AvgIpc) is 2.72. The van der Waals surface area contributed by atoms with E-state index < -0.39 is 5.60 Å². The minimum Gasteiger partial charge on any atom is -0.380 e. The van der Waals surface area contributed by atoms with Gasteiger partial charge in [-0.3, -0.25) is 0 Å². The van der Waals surface area contributed by atoms with Crippen LogP contribution in [0.5, 0.6) is 0 Å². The highest BCUT2D eigenvalue weighted by Crippen LogP contribution is 2.42. The summed E-state index contributed by atoms with van der Waals surface area (Å²) in [7, 11) is 0. The van der Waals surface area contributed by atoms with Crippen LogP contribution in [-0.2, 0) is 12.0 Å². The smallest absolute Gasteiger partial charge is 0.126 e. The van der Waals surface area contributed by atoms with Crippen molar-refractivity contribution in [2.75, 3.05) is 0 Å². The second kappa shape index (κ2) is 3.60. The van der Waals surface area contributed by atoms with Crippen LogP contribution in [0.15, 0.2) is 36.9 Å². The number of aliphatic hydroxyl groups is 1. The molecule has 2 aromatic rings. The molecule has 4 heteroatoms. The number of fused-ring (bicyclic) bond motifs is 1. The third kappa shape index (κ3) is 1.45. The van der Waals surface area contributed by atoms with E-state index in [1.807, 2.05) is 0 Å². The summed E-state index contributed by atoms with van der Waals surface area (Å²) in [6, 6.07) is 4.80. The summed E-state index contributed by atoms with van der Waals surface area (Å²) in [6.45, 7) is 0. The summed E-state index contributed by atoms with van der Waals surface area (Å²) < 4.78 is 13.6. The molecule has 3 rings (SSSR count). The first-order valence-corrected chi connectivity index (χ1v) is 5.47. The van der Waals surface area contributed by atoms with Crippen LogP contribution in [0, 0.1) is 5.82 Å². The summed E-state index contributed by atoms with van der Waals surface area (Å²) in [6.07, 6.45) is 5.57. The first-order chi connectivity index (χ1) is 8.22. The van der Waals surface area contributed by atoms with Crippen molar-refractivity contribution >= 4 is 0 Å². The molecule has 0 spiro atoms. The largest absolute Gasteiger partial charge is 0.380 e. The van der Waals surface area contributed by atoms with E-state index in [0.29, 0.717) is 29.5 Å². The van der Waals surface area contributed by atoms with Gasteiger partial charge in [-0.15, -0.1) is 0 Å². The normalized spacial score (nSPS) is 22.5. The SMILES string of the molecule is OC1(c2cncnc2)CCc2c(F)cccc21. The third-order valence-corrected chi connectivity index (χ3v) is 3.34. The van der Waals surface area contributed by atoms with Crippen molar-refractivity contribution in [2.45, 2.75) is 18.4 Å². The van der Waals surface area contributed by atoms with Gasteiger partial charge in [-0.05, 0) is 30.0 Å². The summed E-state index contributed by atoms with van der Waals surface area (Å²) in [4.78, 5) is 7.81. The van der Waals surface area contributed by atoms with Crippen molar-refractivity contribution in [3.63, 3.8) is 0 Å². The van der Waals surface area contributed by atoms with Gasteiger partial charge in [0.25, 0.3) is 0 Å². The Labute approximate surface area is 98.0 Å². The monoisotopic (exact) mass is 230 g/mol. The van der Waals surface area contributed by atoms with Gasteiger partial charge in [0.05, 0.1) is 0 Å². The van der Waals surface area contributed by atoms with E-state index in [4.69, 9.17) is 0 Å². The molecule has 0 radical (unpaired) electrons. The number of benzene rings is 1. The van der Waals surface area contributed by atoms with E-state index >= 15 is 0 Å². The molecule has 1 aliphatic rings. The predicted octanol–water partition coefficient (Wildman–Crippen LogP) is 1.80. The summed E-state index contributed by atoms with van der Waals surface area (Å²) >= 11 is 0. The highest BCUT2D eigenvalue weighted by atomic mass is 19.1. The molecule has 1 N–H and O–H groups in total. The van der Waals surface area contributed by atoms with Crippen LogP contribution in [0.25, 0.3) is 0 Å². The van der Waals surface area contributed by atoms with E-state index in [2.05, 4.69) is 9.97 Å². The Morgan fingerprint density at radius 1 is 1.24 bits per heavy atom. The topological polar surface area (TPSA) is 46.0 Å². The zero-order valence-electron chi connectivity index (χ0n) is 9.10. The quantitative estimate of drug-likeness (QED) is 0.812. The molecule has 1 atom stereocenters. The summed E-state index contributed by atoms with van der Waals surface area (Å²) in [5.41, 5.74) is 0.689. The standard InChI is InChI=1S/C13H11FN2O/c14-12-3-1-2-11-10(12)4-5-13(11,17)9-6-15-8-16-7-9/h1-3,6-8,17H,4-5H2. The van der Waals surface area contributed by atoms with Gasteiger partial charge in [-0.2, -0.15) is 0 Å². The zero-order valence-corrected chi connectivity index (χ0v) is 9.10. The molecule has 1 aliphatic carbocycles. The van der Waals surface area contributed by atoms with Crippen molar-refractivity contribution in [3.8, 4) is 0 Å².